The third-order valence-corrected chi connectivity index (χ3v) is 3.06. The van der Waals surface area contributed by atoms with Crippen molar-refractivity contribution in [2.75, 3.05) is 34.5 Å². The smallest absolute Gasteiger partial charge is 0.306 e. The number of likely N-dealkylation sites (N-methyl/N-ethyl adjacent to an activating group) is 1. The van der Waals surface area contributed by atoms with Crippen LogP contribution < -0.4 is 0 Å². The zero-order valence-electron chi connectivity index (χ0n) is 13.3. The van der Waals surface area contributed by atoms with Crippen molar-refractivity contribution in [1.82, 2.24) is 0 Å². The summed E-state index contributed by atoms with van der Waals surface area (Å²) in [5.74, 6) is -0.854. The van der Waals surface area contributed by atoms with Gasteiger partial charge < -0.3 is 19.1 Å². The Morgan fingerprint density at radius 2 is 1.95 bits per heavy atom. The van der Waals surface area contributed by atoms with Crippen molar-refractivity contribution in [1.29, 1.82) is 0 Å². The Balaban J connectivity index is 2.39. The monoisotopic (exact) mass is 296 g/mol. The molecule has 0 saturated carbocycles. The van der Waals surface area contributed by atoms with Crippen LogP contribution in [0.4, 0.5) is 0 Å². The van der Waals surface area contributed by atoms with Crippen molar-refractivity contribution in [2.24, 2.45) is 0 Å². The van der Waals surface area contributed by atoms with Crippen LogP contribution in [0.2, 0.25) is 0 Å². The van der Waals surface area contributed by atoms with Gasteiger partial charge in [-0.1, -0.05) is 24.3 Å². The van der Waals surface area contributed by atoms with E-state index in [1.165, 1.54) is 5.56 Å². The highest BCUT2D eigenvalue weighted by molar-refractivity contribution is 5.67. The maximum absolute atomic E-state index is 10.9. The van der Waals surface area contributed by atoms with E-state index in [0.717, 1.165) is 5.56 Å². The lowest BCUT2D eigenvalue weighted by Crippen LogP contribution is -2.43. The van der Waals surface area contributed by atoms with E-state index in [4.69, 9.17) is 14.6 Å². The predicted molar refractivity (Wildman–Crippen MR) is 80.9 cm³/mol. The summed E-state index contributed by atoms with van der Waals surface area (Å²) in [4.78, 5) is 10.9. The number of hydrogen-bond donors (Lipinski definition) is 1. The van der Waals surface area contributed by atoms with Gasteiger partial charge in [-0.05, 0) is 18.1 Å². The lowest BCUT2D eigenvalue weighted by molar-refractivity contribution is -0.873. The maximum Gasteiger partial charge on any atom is 0.306 e. The molecule has 1 unspecified atom stereocenters. The van der Waals surface area contributed by atoms with Gasteiger partial charge in [0.1, 0.15) is 19.4 Å². The average molecular weight is 296 g/mol. The first-order valence-electron chi connectivity index (χ1n) is 7.04. The van der Waals surface area contributed by atoms with Gasteiger partial charge in [-0.15, -0.1) is 0 Å². The molecule has 0 radical (unpaired) electrons. The minimum atomic E-state index is -0.854. The van der Waals surface area contributed by atoms with E-state index < -0.39 is 5.97 Å². The van der Waals surface area contributed by atoms with Crippen LogP contribution in [0.5, 0.6) is 0 Å². The number of hydrogen-bond acceptors (Lipinski definition) is 3. The average Bonchev–Trinajstić information content (AvgIpc) is 2.33. The molecule has 21 heavy (non-hydrogen) atoms. The molecule has 1 N–H and O–H groups in total. The number of rotatable bonds is 9. The van der Waals surface area contributed by atoms with Crippen LogP contribution in [0, 0.1) is 6.92 Å². The third-order valence-electron chi connectivity index (χ3n) is 3.06. The van der Waals surface area contributed by atoms with Gasteiger partial charge in [0.15, 0.2) is 0 Å². The Bertz CT molecular complexity index is 454. The molecular formula is C16H26NO4+. The van der Waals surface area contributed by atoms with Gasteiger partial charge in [0, 0.05) is 0 Å². The highest BCUT2D eigenvalue weighted by Crippen LogP contribution is 2.09. The van der Waals surface area contributed by atoms with Crippen LogP contribution >= 0.6 is 0 Å². The van der Waals surface area contributed by atoms with Gasteiger partial charge in [-0.2, -0.15) is 0 Å². The van der Waals surface area contributed by atoms with E-state index >= 15 is 0 Å². The molecule has 0 amide bonds. The fourth-order valence-electron chi connectivity index (χ4n) is 2.05. The first-order chi connectivity index (χ1) is 9.78. The second-order valence-electron chi connectivity index (χ2n) is 6.25. The summed E-state index contributed by atoms with van der Waals surface area (Å²) >= 11 is 0. The lowest BCUT2D eigenvalue weighted by Gasteiger charge is -2.28. The molecule has 1 atom stereocenters. The van der Waals surface area contributed by atoms with Gasteiger partial charge in [-0.3, -0.25) is 4.79 Å². The normalized spacial score (nSPS) is 13.1. The molecule has 0 bridgehead atoms. The van der Waals surface area contributed by atoms with Crippen molar-refractivity contribution < 1.29 is 23.9 Å². The molecule has 0 aliphatic rings. The number of carboxylic acids is 1. The van der Waals surface area contributed by atoms with Gasteiger partial charge in [0.05, 0.1) is 34.2 Å². The number of benzene rings is 1. The van der Waals surface area contributed by atoms with E-state index in [0.29, 0.717) is 17.6 Å². The number of quaternary nitrogens is 1. The summed E-state index contributed by atoms with van der Waals surface area (Å²) in [5, 5.41) is 8.92. The topological polar surface area (TPSA) is 55.8 Å². The summed E-state index contributed by atoms with van der Waals surface area (Å²) in [7, 11) is 6.02. The van der Waals surface area contributed by atoms with Crippen LogP contribution in [0.1, 0.15) is 17.5 Å². The van der Waals surface area contributed by atoms with Gasteiger partial charge in [0.25, 0.3) is 0 Å². The van der Waals surface area contributed by atoms with Crippen molar-refractivity contribution in [3.63, 3.8) is 0 Å². The summed E-state index contributed by atoms with van der Waals surface area (Å²) in [6, 6.07) is 8.00. The summed E-state index contributed by atoms with van der Waals surface area (Å²) in [5.41, 5.74) is 2.29. The number of aliphatic carboxylic acids is 1. The fraction of sp³-hybridized carbons (Fsp3) is 0.562. The van der Waals surface area contributed by atoms with Crippen LogP contribution in [0.25, 0.3) is 0 Å². The van der Waals surface area contributed by atoms with Crippen LogP contribution in [0.3, 0.4) is 0 Å². The molecule has 1 aromatic carbocycles. The van der Waals surface area contributed by atoms with Crippen molar-refractivity contribution in [3.05, 3.63) is 35.4 Å². The number of nitrogens with zero attached hydrogens (tertiary/aromatic N) is 1. The van der Waals surface area contributed by atoms with Gasteiger partial charge in [-0.25, -0.2) is 0 Å². The summed E-state index contributed by atoms with van der Waals surface area (Å²) < 4.78 is 11.7. The minimum absolute atomic E-state index is 0.0107. The number of carbonyl (C=O) groups is 1. The first-order valence-corrected chi connectivity index (χ1v) is 7.04. The Kier molecular flexibility index (Phi) is 6.81. The molecular weight excluding hydrogens is 270 g/mol. The van der Waals surface area contributed by atoms with Crippen molar-refractivity contribution in [3.8, 4) is 0 Å². The van der Waals surface area contributed by atoms with Crippen molar-refractivity contribution >= 4 is 5.97 Å². The molecule has 0 aliphatic heterocycles. The SMILES string of the molecule is Cc1ccccc1COCOC(CC(=O)O)C[N+](C)(C)C. The quantitative estimate of drug-likeness (QED) is 0.430. The Morgan fingerprint density at radius 1 is 1.29 bits per heavy atom. The van der Waals surface area contributed by atoms with Gasteiger partial charge >= 0.3 is 5.97 Å². The van der Waals surface area contributed by atoms with Crippen LogP contribution in [-0.2, 0) is 20.9 Å². The molecule has 118 valence electrons. The number of aryl methyl sites for hydroxylation is 1. The maximum atomic E-state index is 10.9. The molecule has 1 rings (SSSR count). The molecule has 5 nitrogen and oxygen atoms in total. The minimum Gasteiger partial charge on any atom is -0.481 e. The van der Waals surface area contributed by atoms with E-state index in [1.807, 2.05) is 52.3 Å². The standard InChI is InChI=1S/C16H25NO4/c1-13-7-5-6-8-14(13)11-20-12-21-15(9-16(18)19)10-17(2,3)4/h5-8,15H,9-12H2,1-4H3/p+1. The second-order valence-corrected chi connectivity index (χ2v) is 6.25. The predicted octanol–water partition coefficient (Wildman–Crippen LogP) is 2.04. The second kappa shape index (κ2) is 8.12. The molecule has 0 aromatic heterocycles. The molecule has 1 aromatic rings. The highest BCUT2D eigenvalue weighted by atomic mass is 16.7. The molecule has 0 fully saturated rings. The molecule has 0 heterocycles. The molecule has 5 heteroatoms. The number of carboxylic acid groups (broad SMARTS) is 1. The Hall–Kier alpha value is -1.43. The third kappa shape index (κ3) is 7.80. The van der Waals surface area contributed by atoms with Crippen LogP contribution in [0.15, 0.2) is 24.3 Å². The van der Waals surface area contributed by atoms with E-state index in [-0.39, 0.29) is 19.3 Å². The van der Waals surface area contributed by atoms with E-state index in [1.54, 1.807) is 0 Å². The summed E-state index contributed by atoms with van der Waals surface area (Å²) in [6.07, 6.45) is -0.358. The molecule has 0 aliphatic carbocycles. The van der Waals surface area contributed by atoms with Crippen molar-refractivity contribution in [2.45, 2.75) is 26.1 Å². The molecule has 0 saturated heterocycles. The zero-order chi connectivity index (χ0) is 15.9. The summed E-state index contributed by atoms with van der Waals surface area (Å²) in [6.45, 7) is 3.23. The Morgan fingerprint density at radius 3 is 2.52 bits per heavy atom. The van der Waals surface area contributed by atoms with Crippen LogP contribution in [-0.4, -0.2) is 56.1 Å². The molecule has 0 spiro atoms. The van der Waals surface area contributed by atoms with Gasteiger partial charge in [0.2, 0.25) is 0 Å². The van der Waals surface area contributed by atoms with E-state index in [9.17, 15) is 4.79 Å². The lowest BCUT2D eigenvalue weighted by atomic mass is 10.1. The Labute approximate surface area is 126 Å². The highest BCUT2D eigenvalue weighted by Gasteiger charge is 2.21. The van der Waals surface area contributed by atoms with E-state index in [2.05, 4.69) is 0 Å². The zero-order valence-corrected chi connectivity index (χ0v) is 13.3. The number of ether oxygens (including phenoxy) is 2. The fourth-order valence-corrected chi connectivity index (χ4v) is 2.05. The largest absolute Gasteiger partial charge is 0.481 e. The first kappa shape index (κ1) is 17.6.